The first kappa shape index (κ1) is 19.6. The number of fused-ring (bicyclic) bond motifs is 1. The summed E-state index contributed by atoms with van der Waals surface area (Å²) in [6.45, 7) is 4.22. The van der Waals surface area contributed by atoms with Crippen molar-refractivity contribution in [3.05, 3.63) is 47.0 Å². The third-order valence-electron chi connectivity index (χ3n) is 5.26. The monoisotopic (exact) mass is 388 g/mol. The van der Waals surface area contributed by atoms with Gasteiger partial charge in [-0.15, -0.1) is 0 Å². The van der Waals surface area contributed by atoms with E-state index in [2.05, 4.69) is 5.32 Å². The van der Waals surface area contributed by atoms with Crippen LogP contribution in [0.2, 0.25) is 5.02 Å². The number of nitrogens with zero attached hydrogens (tertiary/aromatic N) is 1. The van der Waals surface area contributed by atoms with Crippen molar-refractivity contribution in [2.45, 2.75) is 45.7 Å². The second kappa shape index (κ2) is 8.26. The maximum atomic E-state index is 12.9. The van der Waals surface area contributed by atoms with Gasteiger partial charge in [0.25, 0.3) is 0 Å². The molecule has 1 heterocycles. The van der Waals surface area contributed by atoms with Crippen LogP contribution in [0.3, 0.4) is 0 Å². The van der Waals surface area contributed by atoms with E-state index in [1.807, 2.05) is 44.2 Å². The van der Waals surface area contributed by atoms with E-state index >= 15 is 0 Å². The van der Waals surface area contributed by atoms with Gasteiger partial charge in [0.15, 0.2) is 0 Å². The molecule has 144 valence electrons. The van der Waals surface area contributed by atoms with Crippen LogP contribution in [0.15, 0.2) is 36.4 Å². The summed E-state index contributed by atoms with van der Waals surface area (Å²) in [4.78, 5) is 39.9. The average Bonchev–Trinajstić information content (AvgIpc) is 2.90. The summed E-state index contributed by atoms with van der Waals surface area (Å²) in [7, 11) is 0. The highest BCUT2D eigenvalue weighted by Crippen LogP contribution is 2.37. The van der Waals surface area contributed by atoms with Crippen molar-refractivity contribution in [3.8, 4) is 0 Å². The fourth-order valence-electron chi connectivity index (χ4n) is 3.85. The molecule has 0 saturated carbocycles. The van der Waals surface area contributed by atoms with Crippen LogP contribution in [0.1, 0.15) is 38.7 Å². The average molecular weight is 389 g/mol. The number of benzene rings is 1. The minimum atomic E-state index is -0.780. The molecule has 6 heteroatoms. The molecule has 1 saturated heterocycles. The normalized spacial score (nSPS) is 22.9. The Hall–Kier alpha value is -2.14. The van der Waals surface area contributed by atoms with Gasteiger partial charge in [0.2, 0.25) is 17.7 Å². The zero-order valence-electron chi connectivity index (χ0n) is 15.7. The summed E-state index contributed by atoms with van der Waals surface area (Å²) in [6.07, 6.45) is 5.48. The van der Waals surface area contributed by atoms with E-state index in [4.69, 9.17) is 11.6 Å². The first-order valence-electron chi connectivity index (χ1n) is 9.43. The number of amides is 3. The SMILES string of the molecule is CC(C)CC(C(=O)NCc1ccccc1Cl)N1C(=O)C2CC=CCC2C1=O. The minimum absolute atomic E-state index is 0.169. The minimum Gasteiger partial charge on any atom is -0.350 e. The molecule has 0 bridgehead atoms. The van der Waals surface area contributed by atoms with Crippen LogP contribution < -0.4 is 5.32 Å². The summed E-state index contributed by atoms with van der Waals surface area (Å²) in [5, 5.41) is 3.43. The smallest absolute Gasteiger partial charge is 0.243 e. The molecule has 1 aliphatic carbocycles. The summed E-state index contributed by atoms with van der Waals surface area (Å²) < 4.78 is 0. The molecule has 1 N–H and O–H groups in total. The summed E-state index contributed by atoms with van der Waals surface area (Å²) in [5.74, 6) is -1.22. The maximum absolute atomic E-state index is 12.9. The van der Waals surface area contributed by atoms with Gasteiger partial charge in [0.1, 0.15) is 6.04 Å². The van der Waals surface area contributed by atoms with Crippen LogP contribution >= 0.6 is 11.6 Å². The molecule has 1 aliphatic heterocycles. The van der Waals surface area contributed by atoms with Crippen LogP contribution in [-0.2, 0) is 20.9 Å². The predicted octanol–water partition coefficient (Wildman–Crippen LogP) is 3.32. The van der Waals surface area contributed by atoms with E-state index in [0.29, 0.717) is 24.3 Å². The van der Waals surface area contributed by atoms with Crippen LogP contribution in [-0.4, -0.2) is 28.7 Å². The first-order valence-corrected chi connectivity index (χ1v) is 9.81. The number of rotatable bonds is 6. The number of carbonyl (C=O) groups is 3. The van der Waals surface area contributed by atoms with Gasteiger partial charge in [-0.25, -0.2) is 0 Å². The zero-order valence-corrected chi connectivity index (χ0v) is 16.4. The van der Waals surface area contributed by atoms with Gasteiger partial charge >= 0.3 is 0 Å². The fraction of sp³-hybridized carbons (Fsp3) is 0.476. The van der Waals surface area contributed by atoms with E-state index in [9.17, 15) is 14.4 Å². The Morgan fingerprint density at radius 3 is 2.30 bits per heavy atom. The Balaban J connectivity index is 1.77. The molecular formula is C21H25ClN2O3. The number of allylic oxidation sites excluding steroid dienone is 2. The van der Waals surface area contributed by atoms with Gasteiger partial charge in [-0.1, -0.05) is 55.8 Å². The molecule has 5 nitrogen and oxygen atoms in total. The lowest BCUT2D eigenvalue weighted by atomic mass is 9.85. The van der Waals surface area contributed by atoms with Crippen molar-refractivity contribution >= 4 is 29.3 Å². The third-order valence-corrected chi connectivity index (χ3v) is 5.63. The topological polar surface area (TPSA) is 66.5 Å². The molecule has 3 amide bonds. The number of carbonyl (C=O) groups excluding carboxylic acids is 3. The molecule has 1 aromatic carbocycles. The van der Waals surface area contributed by atoms with Crippen LogP contribution in [0.5, 0.6) is 0 Å². The number of likely N-dealkylation sites (tertiary alicyclic amines) is 1. The largest absolute Gasteiger partial charge is 0.350 e. The van der Waals surface area contributed by atoms with Gasteiger partial charge in [0.05, 0.1) is 11.8 Å². The number of imide groups is 1. The Morgan fingerprint density at radius 2 is 1.74 bits per heavy atom. The quantitative estimate of drug-likeness (QED) is 0.600. The third kappa shape index (κ3) is 4.08. The van der Waals surface area contributed by atoms with Gasteiger partial charge < -0.3 is 5.32 Å². The van der Waals surface area contributed by atoms with Crippen LogP contribution in [0.4, 0.5) is 0 Å². The molecule has 2 aliphatic rings. The van der Waals surface area contributed by atoms with Crippen molar-refractivity contribution in [2.24, 2.45) is 17.8 Å². The second-order valence-corrected chi connectivity index (χ2v) is 8.06. The van der Waals surface area contributed by atoms with E-state index < -0.39 is 6.04 Å². The van der Waals surface area contributed by atoms with Crippen LogP contribution in [0, 0.1) is 17.8 Å². The lowest BCUT2D eigenvalue weighted by Crippen LogP contribution is -2.50. The number of halogens is 1. The van der Waals surface area contributed by atoms with E-state index in [1.54, 1.807) is 6.07 Å². The molecule has 0 radical (unpaired) electrons. The Morgan fingerprint density at radius 1 is 1.15 bits per heavy atom. The highest BCUT2D eigenvalue weighted by Gasteiger charge is 2.51. The number of nitrogens with one attached hydrogen (secondary N) is 1. The Kier molecular flexibility index (Phi) is 6.00. The lowest BCUT2D eigenvalue weighted by molar-refractivity contribution is -0.148. The molecule has 0 aromatic heterocycles. The molecule has 3 atom stereocenters. The molecule has 0 spiro atoms. The fourth-order valence-corrected chi connectivity index (χ4v) is 4.05. The van der Waals surface area contributed by atoms with Gasteiger partial charge in [-0.2, -0.15) is 0 Å². The first-order chi connectivity index (χ1) is 12.9. The molecule has 1 fully saturated rings. The molecular weight excluding hydrogens is 364 g/mol. The Labute approximate surface area is 164 Å². The van der Waals surface area contributed by atoms with E-state index in [0.717, 1.165) is 5.56 Å². The number of hydrogen-bond donors (Lipinski definition) is 1. The lowest BCUT2D eigenvalue weighted by Gasteiger charge is -2.27. The summed E-state index contributed by atoms with van der Waals surface area (Å²) in [6, 6.07) is 6.50. The molecule has 3 rings (SSSR count). The zero-order chi connectivity index (χ0) is 19.6. The van der Waals surface area contributed by atoms with Gasteiger partial charge in [0, 0.05) is 11.6 Å². The Bertz CT molecular complexity index is 748. The summed E-state index contributed by atoms with van der Waals surface area (Å²) in [5.41, 5.74) is 0.799. The molecule has 1 aromatic rings. The molecule has 3 unspecified atom stereocenters. The van der Waals surface area contributed by atoms with E-state index in [1.165, 1.54) is 4.90 Å². The number of hydrogen-bond acceptors (Lipinski definition) is 3. The van der Waals surface area contributed by atoms with Crippen molar-refractivity contribution < 1.29 is 14.4 Å². The maximum Gasteiger partial charge on any atom is 0.243 e. The van der Waals surface area contributed by atoms with Crippen molar-refractivity contribution in [1.82, 2.24) is 10.2 Å². The molecule has 27 heavy (non-hydrogen) atoms. The van der Waals surface area contributed by atoms with Crippen LogP contribution in [0.25, 0.3) is 0 Å². The highest BCUT2D eigenvalue weighted by molar-refractivity contribution is 6.31. The summed E-state index contributed by atoms with van der Waals surface area (Å²) >= 11 is 6.15. The van der Waals surface area contributed by atoms with E-state index in [-0.39, 0.29) is 42.0 Å². The van der Waals surface area contributed by atoms with Gasteiger partial charge in [-0.3, -0.25) is 19.3 Å². The van der Waals surface area contributed by atoms with Gasteiger partial charge in [-0.05, 0) is 36.8 Å². The standard InChI is InChI=1S/C21H25ClN2O3/c1-13(2)11-18(19(25)23-12-14-7-3-6-10-17(14)22)24-20(26)15-8-4-5-9-16(15)21(24)27/h3-7,10,13,15-16,18H,8-9,11-12H2,1-2H3,(H,23,25). The van der Waals surface area contributed by atoms with Crippen molar-refractivity contribution in [3.63, 3.8) is 0 Å². The highest BCUT2D eigenvalue weighted by atomic mass is 35.5. The predicted molar refractivity (Wildman–Crippen MR) is 104 cm³/mol. The van der Waals surface area contributed by atoms with Crippen molar-refractivity contribution in [2.75, 3.05) is 0 Å². The van der Waals surface area contributed by atoms with Crippen molar-refractivity contribution in [1.29, 1.82) is 0 Å². The second-order valence-electron chi connectivity index (χ2n) is 7.66.